The van der Waals surface area contributed by atoms with E-state index < -0.39 is 92.8 Å². The molecule has 2 unspecified atom stereocenters. The first kappa shape index (κ1) is 41.2. The molecule has 0 fully saturated rings. The van der Waals surface area contributed by atoms with Gasteiger partial charge in [0.1, 0.15) is 0 Å². The van der Waals surface area contributed by atoms with E-state index in [-0.39, 0.29) is 0 Å². The van der Waals surface area contributed by atoms with E-state index in [0.717, 1.165) is 0 Å². The van der Waals surface area contributed by atoms with E-state index in [1.807, 2.05) is 4.74 Å². The molecule has 260 valence electrons. The molecule has 0 saturated heterocycles. The lowest BCUT2D eigenvalue weighted by molar-refractivity contribution is -0.560. The van der Waals surface area contributed by atoms with Crippen molar-refractivity contribution in [3.05, 3.63) is 0 Å². The van der Waals surface area contributed by atoms with Gasteiger partial charge in [-0.2, -0.15) is 96.6 Å². The molecule has 43 heavy (non-hydrogen) atoms. The largest absolute Gasteiger partial charge is 0.458 e. The molecule has 0 N–H and O–H groups in total. The molecule has 0 aromatic heterocycles. The topological polar surface area (TPSA) is 36.9 Å². The van der Waals surface area contributed by atoms with Crippen molar-refractivity contribution >= 4 is 0 Å². The maximum Gasteiger partial charge on any atom is 0.458 e. The third-order valence-electron chi connectivity index (χ3n) is 4.17. The molecule has 0 aliphatic rings. The van der Waals surface area contributed by atoms with Crippen LogP contribution in [0.15, 0.2) is 0 Å². The number of halogens is 24. The average Bonchev–Trinajstić information content (AvgIpc) is 2.68. The van der Waals surface area contributed by atoms with Crippen LogP contribution in [0.25, 0.3) is 0 Å². The summed E-state index contributed by atoms with van der Waals surface area (Å²) in [7, 11) is 0. The Bertz CT molecular complexity index is 967. The Morgan fingerprint density at radius 3 is 1.05 bits per heavy atom. The summed E-state index contributed by atoms with van der Waals surface area (Å²) >= 11 is 0. The summed E-state index contributed by atoms with van der Waals surface area (Å²) in [4.78, 5) is 0. The Morgan fingerprint density at radius 1 is 0.395 bits per heavy atom. The van der Waals surface area contributed by atoms with Gasteiger partial charge in [-0.3, -0.25) is 9.47 Å². The van der Waals surface area contributed by atoms with Crippen LogP contribution in [-0.2, 0) is 18.9 Å². The van der Waals surface area contributed by atoms with Gasteiger partial charge in [-0.05, 0) is 0 Å². The van der Waals surface area contributed by atoms with Gasteiger partial charge in [0.2, 0.25) is 0 Å². The Balaban J connectivity index is 6.76. The fraction of sp³-hybridized carbons (Fsp3) is 1.00. The van der Waals surface area contributed by atoms with Crippen LogP contribution in [0.4, 0.5) is 105 Å². The lowest BCUT2D eigenvalue weighted by Gasteiger charge is -2.42. The van der Waals surface area contributed by atoms with Crippen molar-refractivity contribution < 1.29 is 124 Å². The lowest BCUT2D eigenvalue weighted by atomic mass is 10.1. The van der Waals surface area contributed by atoms with Crippen LogP contribution in [0.1, 0.15) is 13.8 Å². The standard InChI is InChI=1S/C15H8F24O4/c1-4(17,18)11(30,31)43-12(32,33)5(2,19)40-13(34,35)7(22,23)8(24,25)14(36,37)42-9(26,10(27,28)29)15(38,39)41-6(20,21)3-16/h3H2,1-2H3. The quantitative estimate of drug-likeness (QED) is 0.160. The third-order valence-corrected chi connectivity index (χ3v) is 4.17. The smallest absolute Gasteiger partial charge is 0.270 e. The molecular formula is C15H8F24O4. The van der Waals surface area contributed by atoms with Gasteiger partial charge in [-0.25, -0.2) is 18.3 Å². The van der Waals surface area contributed by atoms with Gasteiger partial charge in [0, 0.05) is 13.8 Å². The van der Waals surface area contributed by atoms with Crippen LogP contribution >= 0.6 is 0 Å². The van der Waals surface area contributed by atoms with E-state index in [1.165, 1.54) is 4.74 Å². The molecule has 0 bridgehead atoms. The first-order chi connectivity index (χ1) is 18.1. The lowest BCUT2D eigenvalue weighted by Crippen LogP contribution is -2.70. The Kier molecular flexibility index (Phi) is 10.4. The molecule has 0 amide bonds. The number of alkyl halides is 24. The Labute approximate surface area is 218 Å². The summed E-state index contributed by atoms with van der Waals surface area (Å²) in [6, 6.07) is 0. The highest BCUT2D eigenvalue weighted by atomic mass is 19.4. The molecule has 0 aliphatic carbocycles. The molecule has 0 aliphatic heterocycles. The molecule has 28 heteroatoms. The van der Waals surface area contributed by atoms with E-state index in [4.69, 9.17) is 0 Å². The van der Waals surface area contributed by atoms with Crippen LogP contribution < -0.4 is 0 Å². The van der Waals surface area contributed by atoms with Gasteiger partial charge in [0.15, 0.2) is 6.67 Å². The van der Waals surface area contributed by atoms with E-state index in [2.05, 4.69) is 0 Å². The fourth-order valence-electron chi connectivity index (χ4n) is 1.87. The van der Waals surface area contributed by atoms with E-state index in [0.29, 0.717) is 0 Å². The normalized spacial score (nSPS) is 18.8. The zero-order chi connectivity index (χ0) is 35.5. The molecule has 2 atom stereocenters. The molecule has 0 saturated carbocycles. The molecular weight excluding hydrogens is 700 g/mol. The number of hydrogen-bond donors (Lipinski definition) is 0. The second-order valence-corrected chi connectivity index (χ2v) is 7.81. The van der Waals surface area contributed by atoms with E-state index in [1.54, 1.807) is 9.47 Å². The summed E-state index contributed by atoms with van der Waals surface area (Å²) in [6.07, 6.45) is -52.8. The SMILES string of the molecule is CC(F)(F)C(F)(F)OC(F)(F)C(C)(F)OC(F)(F)C(F)(F)C(F)(F)C(F)(F)OC(F)(C(F)(F)F)C(F)(F)OC(F)(F)CF. The van der Waals surface area contributed by atoms with Crippen molar-refractivity contribution in [2.75, 3.05) is 6.67 Å². The Morgan fingerprint density at radius 2 is 0.744 bits per heavy atom. The minimum Gasteiger partial charge on any atom is -0.270 e. The minimum atomic E-state index is -8.77. The fourth-order valence-corrected chi connectivity index (χ4v) is 1.87. The maximum absolute atomic E-state index is 13.9. The summed E-state index contributed by atoms with van der Waals surface area (Å²) in [5, 5.41) is 0. The molecule has 0 aromatic rings. The summed E-state index contributed by atoms with van der Waals surface area (Å²) < 4.78 is 323. The van der Waals surface area contributed by atoms with Gasteiger partial charge >= 0.3 is 72.3 Å². The minimum absolute atomic E-state index is 0.982. The second kappa shape index (κ2) is 10.9. The van der Waals surface area contributed by atoms with Crippen LogP contribution in [-0.4, -0.2) is 79.0 Å². The van der Waals surface area contributed by atoms with Crippen LogP contribution in [0.3, 0.4) is 0 Å². The summed E-state index contributed by atoms with van der Waals surface area (Å²) in [5.74, 6) is -38.0. The zero-order valence-electron chi connectivity index (χ0n) is 19.4. The van der Waals surface area contributed by atoms with Crippen molar-refractivity contribution in [1.29, 1.82) is 0 Å². The van der Waals surface area contributed by atoms with Crippen molar-refractivity contribution in [2.24, 2.45) is 0 Å². The van der Waals surface area contributed by atoms with Gasteiger partial charge in [-0.15, -0.1) is 0 Å². The number of rotatable bonds is 15. The first-order valence-corrected chi connectivity index (χ1v) is 9.35. The van der Waals surface area contributed by atoms with Crippen molar-refractivity contribution in [3.63, 3.8) is 0 Å². The van der Waals surface area contributed by atoms with Gasteiger partial charge in [0.25, 0.3) is 0 Å². The monoisotopic (exact) mass is 708 g/mol. The molecule has 0 radical (unpaired) electrons. The summed E-state index contributed by atoms with van der Waals surface area (Å²) in [5.41, 5.74) is 0. The van der Waals surface area contributed by atoms with Gasteiger partial charge in [-0.1, -0.05) is 0 Å². The first-order valence-electron chi connectivity index (χ1n) is 9.35. The average molecular weight is 708 g/mol. The van der Waals surface area contributed by atoms with E-state index >= 15 is 0 Å². The van der Waals surface area contributed by atoms with Crippen LogP contribution in [0, 0.1) is 0 Å². The van der Waals surface area contributed by atoms with E-state index in [9.17, 15) is 105 Å². The van der Waals surface area contributed by atoms with Crippen LogP contribution in [0.5, 0.6) is 0 Å². The zero-order valence-corrected chi connectivity index (χ0v) is 19.4. The molecule has 0 heterocycles. The van der Waals surface area contributed by atoms with Gasteiger partial charge in [0.05, 0.1) is 0 Å². The van der Waals surface area contributed by atoms with Crippen molar-refractivity contribution in [1.82, 2.24) is 0 Å². The molecule has 0 spiro atoms. The summed E-state index contributed by atoms with van der Waals surface area (Å²) in [6.45, 7) is -6.13. The highest BCUT2D eigenvalue weighted by molar-refractivity contribution is 5.01. The third kappa shape index (κ3) is 7.52. The predicted octanol–water partition coefficient (Wildman–Crippen LogP) is 8.42. The molecule has 0 rings (SSSR count). The van der Waals surface area contributed by atoms with Crippen LogP contribution in [0.2, 0.25) is 0 Å². The predicted molar refractivity (Wildman–Crippen MR) is 79.9 cm³/mol. The number of ether oxygens (including phenoxy) is 4. The van der Waals surface area contributed by atoms with Crippen molar-refractivity contribution in [3.8, 4) is 0 Å². The maximum atomic E-state index is 13.9. The van der Waals surface area contributed by atoms with Crippen molar-refractivity contribution in [2.45, 2.75) is 86.2 Å². The second-order valence-electron chi connectivity index (χ2n) is 7.81. The molecule has 4 nitrogen and oxygen atoms in total. The molecule has 0 aromatic carbocycles. The highest BCUT2D eigenvalue weighted by Gasteiger charge is 2.88. The van der Waals surface area contributed by atoms with Gasteiger partial charge < -0.3 is 0 Å². The number of hydrogen-bond acceptors (Lipinski definition) is 4. The highest BCUT2D eigenvalue weighted by Crippen LogP contribution is 2.59. The Hall–Kier alpha value is -1.84.